The summed E-state index contributed by atoms with van der Waals surface area (Å²) < 4.78 is 6.98. The number of esters is 1. The first-order valence-electron chi connectivity index (χ1n) is 10.3. The van der Waals surface area contributed by atoms with Crippen LogP contribution in [-0.2, 0) is 16.1 Å². The fourth-order valence-electron chi connectivity index (χ4n) is 3.22. The Morgan fingerprint density at radius 1 is 1.19 bits per heavy atom. The lowest BCUT2D eigenvalue weighted by molar-refractivity contribution is -0.113. The Hall–Kier alpha value is -3.17. The number of aryl methyl sites for hydroxylation is 1. The van der Waals surface area contributed by atoms with Gasteiger partial charge in [0.15, 0.2) is 16.7 Å². The molecule has 1 saturated heterocycles. The maximum Gasteiger partial charge on any atom is 0.358 e. The monoisotopic (exact) mass is 466 g/mol. The van der Waals surface area contributed by atoms with Crippen LogP contribution in [0.25, 0.3) is 6.08 Å². The fraction of sp³-hybridized carbons (Fsp3) is 0.217. The number of aliphatic imine (C=N–C) groups is 1. The van der Waals surface area contributed by atoms with Crippen LogP contribution in [0.2, 0.25) is 0 Å². The second kappa shape index (κ2) is 9.97. The Balaban J connectivity index is 1.80. The van der Waals surface area contributed by atoms with Crippen molar-refractivity contribution in [2.45, 2.75) is 26.8 Å². The Morgan fingerprint density at radius 2 is 2.00 bits per heavy atom. The van der Waals surface area contributed by atoms with Gasteiger partial charge in [-0.25, -0.2) is 14.8 Å². The molecule has 7 nitrogen and oxygen atoms in total. The summed E-state index contributed by atoms with van der Waals surface area (Å²) in [6.07, 6.45) is 4.28. The zero-order valence-corrected chi connectivity index (χ0v) is 19.4. The number of amidine groups is 1. The number of carbonyl (C=O) groups excluding carboxylic acids is 2. The van der Waals surface area contributed by atoms with Gasteiger partial charge in [-0.1, -0.05) is 31.2 Å². The molecular weight excluding hydrogens is 444 g/mol. The van der Waals surface area contributed by atoms with Crippen molar-refractivity contribution in [2.75, 3.05) is 11.5 Å². The van der Waals surface area contributed by atoms with Gasteiger partial charge in [0.05, 0.1) is 23.5 Å². The third-order valence-corrected chi connectivity index (χ3v) is 6.38. The molecule has 0 saturated carbocycles. The molecule has 1 aromatic carbocycles. The number of amides is 1. The molecule has 0 N–H and O–H groups in total. The number of hydrogen-bond acceptors (Lipinski definition) is 7. The zero-order chi connectivity index (χ0) is 22.5. The van der Waals surface area contributed by atoms with Crippen molar-refractivity contribution in [2.24, 2.45) is 4.99 Å². The molecule has 1 aliphatic heterocycles. The van der Waals surface area contributed by atoms with Crippen LogP contribution in [0.15, 0.2) is 64.1 Å². The van der Waals surface area contributed by atoms with Crippen molar-refractivity contribution in [3.8, 4) is 0 Å². The summed E-state index contributed by atoms with van der Waals surface area (Å²) in [4.78, 5) is 38.1. The summed E-state index contributed by atoms with van der Waals surface area (Å²) in [5, 5.41) is 2.41. The lowest BCUT2D eigenvalue weighted by atomic mass is 10.3. The molecule has 4 rings (SSSR count). The first-order chi connectivity index (χ1) is 15.6. The molecule has 0 aliphatic carbocycles. The quantitative estimate of drug-likeness (QED) is 0.347. The topological polar surface area (TPSA) is 76.8 Å². The number of ether oxygens (including phenoxy) is 1. The van der Waals surface area contributed by atoms with Gasteiger partial charge in [0, 0.05) is 11.4 Å². The molecule has 3 aromatic rings. The van der Waals surface area contributed by atoms with E-state index in [4.69, 9.17) is 4.74 Å². The Morgan fingerprint density at radius 3 is 2.69 bits per heavy atom. The molecule has 3 heterocycles. The van der Waals surface area contributed by atoms with Gasteiger partial charge in [-0.2, -0.15) is 0 Å². The van der Waals surface area contributed by atoms with Crippen LogP contribution in [-0.4, -0.2) is 33.2 Å². The van der Waals surface area contributed by atoms with Crippen molar-refractivity contribution < 1.29 is 14.3 Å². The lowest BCUT2D eigenvalue weighted by Crippen LogP contribution is -2.28. The first-order valence-corrected chi connectivity index (χ1v) is 12.0. The Labute approximate surface area is 194 Å². The molecular formula is C23H22N4O3S2. The van der Waals surface area contributed by atoms with Gasteiger partial charge in [0.25, 0.3) is 5.91 Å². The van der Waals surface area contributed by atoms with E-state index in [1.54, 1.807) is 34.1 Å². The van der Waals surface area contributed by atoms with E-state index in [2.05, 4.69) is 9.98 Å². The van der Waals surface area contributed by atoms with Crippen LogP contribution in [0.5, 0.6) is 0 Å². The minimum absolute atomic E-state index is 0.168. The fourth-order valence-corrected chi connectivity index (χ4v) is 4.92. The first kappa shape index (κ1) is 22.0. The largest absolute Gasteiger partial charge is 0.461 e. The van der Waals surface area contributed by atoms with E-state index < -0.39 is 5.97 Å². The lowest BCUT2D eigenvalue weighted by Gasteiger charge is -2.15. The third-order valence-electron chi connectivity index (χ3n) is 4.59. The minimum Gasteiger partial charge on any atom is -0.461 e. The maximum atomic E-state index is 13.3. The average Bonchev–Trinajstić information content (AvgIpc) is 3.51. The number of hydrogen-bond donors (Lipinski definition) is 0. The van der Waals surface area contributed by atoms with Crippen molar-refractivity contribution in [3.05, 3.63) is 69.6 Å². The van der Waals surface area contributed by atoms with Gasteiger partial charge in [0.2, 0.25) is 0 Å². The molecule has 0 spiro atoms. The smallest absolute Gasteiger partial charge is 0.358 e. The van der Waals surface area contributed by atoms with Crippen molar-refractivity contribution in [1.82, 2.24) is 9.55 Å². The number of thiophene rings is 1. The summed E-state index contributed by atoms with van der Waals surface area (Å²) in [6, 6.07) is 13.2. The average molecular weight is 467 g/mol. The van der Waals surface area contributed by atoms with E-state index in [0.717, 1.165) is 11.3 Å². The van der Waals surface area contributed by atoms with Crippen molar-refractivity contribution in [1.29, 1.82) is 0 Å². The van der Waals surface area contributed by atoms with Gasteiger partial charge >= 0.3 is 5.97 Å². The molecule has 2 aromatic heterocycles. The molecule has 32 heavy (non-hydrogen) atoms. The standard InChI is InChI=1S/C23H22N4O3S2/c1-3-12-26-15-24-20(19(26)22(29)30-4-2)25-23-27(16-9-6-5-7-10-16)21(28)18(32-23)14-17-11-8-13-31-17/h5-11,13-15H,3-4,12H2,1-2H3. The highest BCUT2D eigenvalue weighted by atomic mass is 32.2. The number of rotatable bonds is 7. The Bertz CT molecular complexity index is 1170. The van der Waals surface area contributed by atoms with E-state index >= 15 is 0 Å². The summed E-state index contributed by atoms with van der Waals surface area (Å²) >= 11 is 2.82. The van der Waals surface area contributed by atoms with Crippen LogP contribution in [0.4, 0.5) is 11.5 Å². The zero-order valence-electron chi connectivity index (χ0n) is 17.7. The molecule has 164 valence electrons. The van der Waals surface area contributed by atoms with Crippen LogP contribution >= 0.6 is 23.1 Å². The molecule has 0 radical (unpaired) electrons. The van der Waals surface area contributed by atoms with Crippen LogP contribution < -0.4 is 4.90 Å². The molecule has 9 heteroatoms. The summed E-state index contributed by atoms with van der Waals surface area (Å²) in [5.41, 5.74) is 0.988. The molecule has 1 fully saturated rings. The highest BCUT2D eigenvalue weighted by Crippen LogP contribution is 2.38. The van der Waals surface area contributed by atoms with Gasteiger partial charge in [-0.15, -0.1) is 11.3 Å². The van der Waals surface area contributed by atoms with E-state index in [1.165, 1.54) is 11.8 Å². The van der Waals surface area contributed by atoms with Gasteiger partial charge in [-0.3, -0.25) is 9.69 Å². The number of aromatic nitrogens is 2. The molecule has 0 atom stereocenters. The SMILES string of the molecule is CCCn1cnc(N=C2SC(=Cc3cccs3)C(=O)N2c2ccccc2)c1C(=O)OCC. The number of para-hydroxylation sites is 1. The van der Waals surface area contributed by atoms with Crippen molar-refractivity contribution in [3.63, 3.8) is 0 Å². The highest BCUT2D eigenvalue weighted by Gasteiger charge is 2.35. The highest BCUT2D eigenvalue weighted by molar-refractivity contribution is 8.19. The second-order valence-corrected chi connectivity index (χ2v) is 8.82. The van der Waals surface area contributed by atoms with E-state index in [0.29, 0.717) is 22.3 Å². The number of nitrogens with zero attached hydrogens (tertiary/aromatic N) is 4. The Kier molecular flexibility index (Phi) is 6.87. The summed E-state index contributed by atoms with van der Waals surface area (Å²) in [5.74, 6) is -0.405. The predicted octanol–water partition coefficient (Wildman–Crippen LogP) is 5.34. The normalized spacial score (nSPS) is 16.3. The molecule has 0 unspecified atom stereocenters. The predicted molar refractivity (Wildman–Crippen MR) is 129 cm³/mol. The van der Waals surface area contributed by atoms with E-state index in [-0.39, 0.29) is 24.0 Å². The second-order valence-electron chi connectivity index (χ2n) is 6.83. The van der Waals surface area contributed by atoms with Gasteiger partial charge in [0.1, 0.15) is 0 Å². The molecule has 1 aliphatic rings. The molecule has 0 bridgehead atoms. The van der Waals surface area contributed by atoms with Crippen molar-refractivity contribution >= 4 is 57.7 Å². The van der Waals surface area contributed by atoms with Crippen LogP contribution in [0.3, 0.4) is 0 Å². The van der Waals surface area contributed by atoms with Gasteiger partial charge < -0.3 is 9.30 Å². The number of thioether (sulfide) groups is 1. The maximum absolute atomic E-state index is 13.3. The number of imidazole rings is 1. The number of benzene rings is 1. The third kappa shape index (κ3) is 4.53. The van der Waals surface area contributed by atoms with Gasteiger partial charge in [-0.05, 0) is 54.8 Å². The van der Waals surface area contributed by atoms with Crippen LogP contribution in [0, 0.1) is 0 Å². The number of anilines is 1. The minimum atomic E-state index is -0.479. The summed E-state index contributed by atoms with van der Waals surface area (Å²) in [7, 11) is 0. The van der Waals surface area contributed by atoms with E-state index in [9.17, 15) is 9.59 Å². The number of carbonyl (C=O) groups is 2. The van der Waals surface area contributed by atoms with E-state index in [1.807, 2.05) is 60.8 Å². The molecule has 1 amide bonds. The summed E-state index contributed by atoms with van der Waals surface area (Å²) in [6.45, 7) is 4.65. The van der Waals surface area contributed by atoms with Crippen LogP contribution in [0.1, 0.15) is 35.6 Å².